The van der Waals surface area contributed by atoms with Crippen LogP contribution in [0, 0.1) is 6.92 Å². The van der Waals surface area contributed by atoms with Crippen molar-refractivity contribution in [1.82, 2.24) is 18.7 Å². The zero-order valence-corrected chi connectivity index (χ0v) is 15.4. The molecule has 4 aromatic rings. The summed E-state index contributed by atoms with van der Waals surface area (Å²) in [7, 11) is 1.93. The van der Waals surface area contributed by atoms with Crippen LogP contribution in [-0.4, -0.2) is 29.8 Å². The zero-order chi connectivity index (χ0) is 20.0. The molecular weight excluding hydrogens is 360 g/mol. The van der Waals surface area contributed by atoms with Crippen molar-refractivity contribution in [3.05, 3.63) is 74.7 Å². The molecule has 0 saturated heterocycles. The number of fused-ring (bicyclic) bond motifs is 2. The first-order chi connectivity index (χ1) is 13.4. The highest BCUT2D eigenvalue weighted by molar-refractivity contribution is 5.87. The molecule has 3 heterocycles. The van der Waals surface area contributed by atoms with Gasteiger partial charge in [-0.1, -0.05) is 12.1 Å². The molecule has 8 nitrogen and oxygen atoms in total. The fourth-order valence-electron chi connectivity index (χ4n) is 3.69. The number of pyridine rings is 1. The molecular formula is C20H18N4O4. The first-order valence-electron chi connectivity index (χ1n) is 8.72. The highest BCUT2D eigenvalue weighted by atomic mass is 16.4. The van der Waals surface area contributed by atoms with Crippen molar-refractivity contribution in [1.29, 1.82) is 0 Å². The summed E-state index contributed by atoms with van der Waals surface area (Å²) in [5.74, 6) is -1.25. The van der Waals surface area contributed by atoms with Gasteiger partial charge in [-0.3, -0.25) is 14.2 Å². The van der Waals surface area contributed by atoms with Gasteiger partial charge in [0, 0.05) is 30.3 Å². The van der Waals surface area contributed by atoms with Crippen molar-refractivity contribution in [2.24, 2.45) is 7.05 Å². The summed E-state index contributed by atoms with van der Waals surface area (Å²) >= 11 is 0. The molecule has 4 rings (SSSR count). The number of hydrogen-bond donors (Lipinski definition) is 1. The summed E-state index contributed by atoms with van der Waals surface area (Å²) in [5, 5.41) is 10.4. The van der Waals surface area contributed by atoms with Gasteiger partial charge in [0.25, 0.3) is 5.56 Å². The van der Waals surface area contributed by atoms with Gasteiger partial charge in [0.1, 0.15) is 12.2 Å². The monoisotopic (exact) mass is 378 g/mol. The van der Waals surface area contributed by atoms with E-state index in [-0.39, 0.29) is 17.6 Å². The van der Waals surface area contributed by atoms with Crippen LogP contribution in [0.15, 0.2) is 52.3 Å². The molecule has 0 bridgehead atoms. The summed E-state index contributed by atoms with van der Waals surface area (Å²) in [6.45, 7) is 1.47. The molecule has 0 aliphatic rings. The Morgan fingerprint density at radius 2 is 1.93 bits per heavy atom. The van der Waals surface area contributed by atoms with Crippen LogP contribution in [-0.2, 0) is 24.9 Å². The average Bonchev–Trinajstić information content (AvgIpc) is 2.99. The predicted molar refractivity (Wildman–Crippen MR) is 105 cm³/mol. The fraction of sp³-hybridized carbons (Fsp3) is 0.200. The van der Waals surface area contributed by atoms with E-state index in [4.69, 9.17) is 5.11 Å². The lowest BCUT2D eigenvalue weighted by molar-refractivity contribution is -0.137. The van der Waals surface area contributed by atoms with E-state index >= 15 is 0 Å². The molecule has 0 aliphatic carbocycles. The smallest absolute Gasteiger partial charge is 0.333 e. The maximum atomic E-state index is 13.0. The topological polar surface area (TPSA) is 99.1 Å². The third-order valence-electron chi connectivity index (χ3n) is 4.90. The fourth-order valence-corrected chi connectivity index (χ4v) is 3.69. The Labute approximate surface area is 158 Å². The van der Waals surface area contributed by atoms with Crippen molar-refractivity contribution < 1.29 is 9.90 Å². The minimum absolute atomic E-state index is 0.175. The van der Waals surface area contributed by atoms with Gasteiger partial charge in [0.05, 0.1) is 11.9 Å². The van der Waals surface area contributed by atoms with Gasteiger partial charge < -0.3 is 9.67 Å². The largest absolute Gasteiger partial charge is 0.480 e. The molecule has 0 atom stereocenters. The Morgan fingerprint density at radius 3 is 2.68 bits per heavy atom. The Balaban J connectivity index is 2.01. The number of aromatic nitrogens is 4. The van der Waals surface area contributed by atoms with E-state index in [0.717, 1.165) is 26.6 Å². The molecule has 3 aromatic heterocycles. The minimum Gasteiger partial charge on any atom is -0.480 e. The second-order valence-electron chi connectivity index (χ2n) is 6.76. The second kappa shape index (κ2) is 6.49. The quantitative estimate of drug-likeness (QED) is 0.580. The van der Waals surface area contributed by atoms with E-state index in [1.807, 2.05) is 42.9 Å². The predicted octanol–water partition coefficient (Wildman–Crippen LogP) is 1.49. The number of hydrogen-bond acceptors (Lipinski definition) is 4. The maximum absolute atomic E-state index is 13.0. The lowest BCUT2D eigenvalue weighted by Crippen LogP contribution is -2.42. The highest BCUT2D eigenvalue weighted by Gasteiger charge is 2.18. The molecule has 8 heteroatoms. The third-order valence-corrected chi connectivity index (χ3v) is 4.90. The van der Waals surface area contributed by atoms with Gasteiger partial charge >= 0.3 is 11.7 Å². The lowest BCUT2D eigenvalue weighted by Gasteiger charge is -2.12. The van der Waals surface area contributed by atoms with E-state index in [1.165, 1.54) is 10.8 Å². The zero-order valence-electron chi connectivity index (χ0n) is 15.4. The Morgan fingerprint density at radius 1 is 1.14 bits per heavy atom. The number of rotatable bonds is 4. The second-order valence-corrected chi connectivity index (χ2v) is 6.76. The Bertz CT molecular complexity index is 1360. The standard InChI is InChI=1S/C20H18N4O4/c1-12-5-3-7-15-17(12)13(9-22(15)2)10-23-18-14(6-4-8-21-18)19(27)24(20(23)28)11-16(25)26/h3-9H,10-11H2,1-2H3,(H,25,26). The van der Waals surface area contributed by atoms with Crippen LogP contribution in [0.2, 0.25) is 0 Å². The van der Waals surface area contributed by atoms with Crippen LogP contribution < -0.4 is 11.2 Å². The molecule has 28 heavy (non-hydrogen) atoms. The average molecular weight is 378 g/mol. The van der Waals surface area contributed by atoms with Crippen LogP contribution in [0.5, 0.6) is 0 Å². The molecule has 0 spiro atoms. The number of benzene rings is 1. The number of carbonyl (C=O) groups is 1. The van der Waals surface area contributed by atoms with Crippen molar-refractivity contribution in [3.8, 4) is 0 Å². The van der Waals surface area contributed by atoms with Crippen molar-refractivity contribution in [2.45, 2.75) is 20.0 Å². The number of aryl methyl sites for hydroxylation is 2. The van der Waals surface area contributed by atoms with Crippen LogP contribution in [0.4, 0.5) is 0 Å². The minimum atomic E-state index is -1.25. The van der Waals surface area contributed by atoms with Crippen LogP contribution in [0.1, 0.15) is 11.1 Å². The molecule has 0 saturated carbocycles. The SMILES string of the molecule is Cc1cccc2c1c(Cn1c(=O)n(CC(=O)O)c(=O)c3cccnc31)cn2C. The van der Waals surface area contributed by atoms with Crippen molar-refractivity contribution in [3.63, 3.8) is 0 Å². The number of carboxylic acids is 1. The Hall–Kier alpha value is -3.68. The number of aliphatic carboxylic acids is 1. The summed E-state index contributed by atoms with van der Waals surface area (Å²) < 4.78 is 4.08. The van der Waals surface area contributed by atoms with Crippen molar-refractivity contribution in [2.75, 3.05) is 0 Å². The molecule has 142 valence electrons. The number of nitrogens with zero attached hydrogens (tertiary/aromatic N) is 4. The van der Waals surface area contributed by atoms with E-state index in [9.17, 15) is 14.4 Å². The maximum Gasteiger partial charge on any atom is 0.333 e. The summed E-state index contributed by atoms with van der Waals surface area (Å²) in [6, 6.07) is 9.10. The summed E-state index contributed by atoms with van der Waals surface area (Å²) in [5.41, 5.74) is 1.89. The van der Waals surface area contributed by atoms with Gasteiger partial charge in [-0.15, -0.1) is 0 Å². The first-order valence-corrected chi connectivity index (χ1v) is 8.72. The molecule has 0 fully saturated rings. The number of carboxylic acid groups (broad SMARTS) is 1. The van der Waals surface area contributed by atoms with Crippen LogP contribution in [0.3, 0.4) is 0 Å². The van der Waals surface area contributed by atoms with Crippen LogP contribution >= 0.6 is 0 Å². The van der Waals surface area contributed by atoms with Crippen molar-refractivity contribution >= 4 is 27.9 Å². The third kappa shape index (κ3) is 2.70. The highest BCUT2D eigenvalue weighted by Crippen LogP contribution is 2.25. The van der Waals surface area contributed by atoms with Gasteiger partial charge in [0.15, 0.2) is 0 Å². The van der Waals surface area contributed by atoms with Gasteiger partial charge in [-0.2, -0.15) is 0 Å². The van der Waals surface area contributed by atoms with Gasteiger partial charge in [-0.05, 0) is 36.2 Å². The van der Waals surface area contributed by atoms with E-state index < -0.39 is 23.8 Å². The van der Waals surface area contributed by atoms with Gasteiger partial charge in [0.2, 0.25) is 0 Å². The summed E-state index contributed by atoms with van der Waals surface area (Å²) in [4.78, 5) is 41.0. The molecule has 0 aliphatic heterocycles. The van der Waals surface area contributed by atoms with Gasteiger partial charge in [-0.25, -0.2) is 14.3 Å². The van der Waals surface area contributed by atoms with E-state index in [1.54, 1.807) is 12.1 Å². The van der Waals surface area contributed by atoms with Crippen LogP contribution in [0.25, 0.3) is 21.9 Å². The van der Waals surface area contributed by atoms with E-state index in [2.05, 4.69) is 4.98 Å². The molecule has 1 N–H and O–H groups in total. The van der Waals surface area contributed by atoms with E-state index in [0.29, 0.717) is 0 Å². The molecule has 0 radical (unpaired) electrons. The normalized spacial score (nSPS) is 11.4. The molecule has 1 aromatic carbocycles. The lowest BCUT2D eigenvalue weighted by atomic mass is 10.1. The summed E-state index contributed by atoms with van der Waals surface area (Å²) in [6.07, 6.45) is 3.44. The molecule has 0 amide bonds. The molecule has 0 unspecified atom stereocenters. The first kappa shape index (κ1) is 17.7. The Kier molecular flexibility index (Phi) is 4.11.